The Balaban J connectivity index is 1.78. The quantitative estimate of drug-likeness (QED) is 0.342. The molecule has 3 saturated heterocycles. The monoisotopic (exact) mass is 512 g/mol. The summed E-state index contributed by atoms with van der Waals surface area (Å²) in [5, 5.41) is 10.5. The summed E-state index contributed by atoms with van der Waals surface area (Å²) in [5.41, 5.74) is -0.171. The SMILES string of the molecule is C=CCN(C(=O)C1N([C@@H](CO)Cc2ccccc2)C(=O)[C@@H]2[C@@H](C(=O)OCC)[C@H]3CCC12O3)C(C)CCC. The molecule has 8 heteroatoms. The number of carbonyl (C=O) groups excluding carboxylic acids is 3. The van der Waals surface area contributed by atoms with Gasteiger partial charge in [-0.2, -0.15) is 0 Å². The minimum Gasteiger partial charge on any atom is -0.466 e. The maximum Gasteiger partial charge on any atom is 0.312 e. The van der Waals surface area contributed by atoms with E-state index in [1.54, 1.807) is 22.8 Å². The second kappa shape index (κ2) is 11.4. The molecule has 3 aliphatic rings. The number of likely N-dealkylation sites (tertiary alicyclic amines) is 1. The Labute approximate surface area is 219 Å². The second-order valence-electron chi connectivity index (χ2n) is 10.5. The molecule has 7 atom stereocenters. The van der Waals surface area contributed by atoms with Crippen LogP contribution in [0.1, 0.15) is 52.0 Å². The number of aliphatic hydroxyl groups excluding tert-OH is 1. The van der Waals surface area contributed by atoms with Crippen LogP contribution in [-0.4, -0.2) is 82.3 Å². The Morgan fingerprint density at radius 3 is 2.68 bits per heavy atom. The van der Waals surface area contributed by atoms with Crippen molar-refractivity contribution in [2.45, 2.75) is 82.7 Å². The first kappa shape index (κ1) is 27.3. The number of hydrogen-bond donors (Lipinski definition) is 1. The standard InChI is InChI=1S/C29H40N2O6/c1-5-11-19(4)30(16-6-2)27(34)25-29-15-14-22(37-29)23(28(35)36-7-3)24(29)26(33)31(25)21(18-32)17-20-12-9-8-10-13-20/h6,8-10,12-13,19,21-25,32H,2,5,7,11,14-18H2,1,3-4H3/t19?,21-,22-,23+,24+,25?,29?/m1/s1. The zero-order valence-electron chi connectivity index (χ0n) is 22.2. The van der Waals surface area contributed by atoms with Crippen LogP contribution in [-0.2, 0) is 30.3 Å². The Bertz CT molecular complexity index is 999. The van der Waals surface area contributed by atoms with Crippen LogP contribution < -0.4 is 0 Å². The van der Waals surface area contributed by atoms with Gasteiger partial charge in [-0.15, -0.1) is 6.58 Å². The molecule has 202 valence electrons. The predicted molar refractivity (Wildman–Crippen MR) is 138 cm³/mol. The molecule has 0 aromatic heterocycles. The third kappa shape index (κ3) is 4.70. The van der Waals surface area contributed by atoms with Crippen LogP contribution in [0.3, 0.4) is 0 Å². The highest BCUT2D eigenvalue weighted by molar-refractivity contribution is 5.98. The Kier molecular flexibility index (Phi) is 8.39. The number of rotatable bonds is 12. The first-order chi connectivity index (χ1) is 17.8. The number of benzene rings is 1. The lowest BCUT2D eigenvalue weighted by molar-refractivity contribution is -0.156. The largest absolute Gasteiger partial charge is 0.466 e. The van der Waals surface area contributed by atoms with Gasteiger partial charge in [0.25, 0.3) is 0 Å². The third-order valence-electron chi connectivity index (χ3n) is 8.30. The number of carbonyl (C=O) groups is 3. The van der Waals surface area contributed by atoms with Gasteiger partial charge >= 0.3 is 5.97 Å². The van der Waals surface area contributed by atoms with E-state index in [0.717, 1.165) is 18.4 Å². The van der Waals surface area contributed by atoms with Crippen LogP contribution in [0.15, 0.2) is 43.0 Å². The smallest absolute Gasteiger partial charge is 0.312 e. The number of amides is 2. The van der Waals surface area contributed by atoms with Gasteiger partial charge in [-0.05, 0) is 45.1 Å². The molecular formula is C29H40N2O6. The molecule has 1 spiro atoms. The van der Waals surface area contributed by atoms with Crippen LogP contribution in [0.5, 0.6) is 0 Å². The van der Waals surface area contributed by atoms with E-state index in [0.29, 0.717) is 25.8 Å². The molecule has 0 aliphatic carbocycles. The topological polar surface area (TPSA) is 96.4 Å². The lowest BCUT2D eigenvalue weighted by Gasteiger charge is -2.41. The highest BCUT2D eigenvalue weighted by Gasteiger charge is 2.75. The Hall–Kier alpha value is -2.71. The number of fused-ring (bicyclic) bond motifs is 1. The van der Waals surface area contributed by atoms with E-state index in [4.69, 9.17) is 9.47 Å². The molecule has 4 rings (SSSR count). The van der Waals surface area contributed by atoms with E-state index in [-0.39, 0.29) is 31.1 Å². The van der Waals surface area contributed by atoms with Crippen molar-refractivity contribution in [1.82, 2.24) is 9.80 Å². The van der Waals surface area contributed by atoms with Gasteiger partial charge in [0.05, 0.1) is 37.2 Å². The van der Waals surface area contributed by atoms with E-state index in [9.17, 15) is 19.5 Å². The third-order valence-corrected chi connectivity index (χ3v) is 8.30. The molecule has 1 aromatic rings. The van der Waals surface area contributed by atoms with Gasteiger partial charge in [-0.1, -0.05) is 49.8 Å². The van der Waals surface area contributed by atoms with Crippen LogP contribution in [0, 0.1) is 11.8 Å². The average molecular weight is 513 g/mol. The summed E-state index contributed by atoms with van der Waals surface area (Å²) in [6.45, 7) is 9.90. The molecule has 3 heterocycles. The predicted octanol–water partition coefficient (Wildman–Crippen LogP) is 2.73. The van der Waals surface area contributed by atoms with Crippen LogP contribution in [0.4, 0.5) is 0 Å². The van der Waals surface area contributed by atoms with E-state index in [2.05, 4.69) is 13.5 Å². The van der Waals surface area contributed by atoms with E-state index in [1.165, 1.54) is 0 Å². The average Bonchev–Trinajstić information content (AvgIpc) is 3.54. The number of aliphatic hydroxyl groups is 1. The van der Waals surface area contributed by atoms with Crippen LogP contribution in [0.2, 0.25) is 0 Å². The van der Waals surface area contributed by atoms with Crippen molar-refractivity contribution in [3.8, 4) is 0 Å². The first-order valence-electron chi connectivity index (χ1n) is 13.6. The summed E-state index contributed by atoms with van der Waals surface area (Å²) < 4.78 is 11.8. The van der Waals surface area contributed by atoms with E-state index >= 15 is 0 Å². The second-order valence-corrected chi connectivity index (χ2v) is 10.5. The molecule has 2 amide bonds. The molecule has 3 unspecified atom stereocenters. The highest BCUT2D eigenvalue weighted by atomic mass is 16.6. The minimum atomic E-state index is -1.12. The van der Waals surface area contributed by atoms with Crippen molar-refractivity contribution in [3.63, 3.8) is 0 Å². The van der Waals surface area contributed by atoms with Gasteiger partial charge in [-0.25, -0.2) is 0 Å². The van der Waals surface area contributed by atoms with Crippen molar-refractivity contribution in [1.29, 1.82) is 0 Å². The van der Waals surface area contributed by atoms with Gasteiger partial charge in [0.1, 0.15) is 11.6 Å². The Morgan fingerprint density at radius 2 is 2.05 bits per heavy atom. The van der Waals surface area contributed by atoms with Crippen LogP contribution >= 0.6 is 0 Å². The van der Waals surface area contributed by atoms with E-state index in [1.807, 2.05) is 37.3 Å². The maximum atomic E-state index is 14.4. The van der Waals surface area contributed by atoms with Gasteiger partial charge < -0.3 is 24.4 Å². The summed E-state index contributed by atoms with van der Waals surface area (Å²) in [6, 6.07) is 7.97. The molecule has 0 saturated carbocycles. The summed E-state index contributed by atoms with van der Waals surface area (Å²) in [7, 11) is 0. The fourth-order valence-corrected chi connectivity index (χ4v) is 6.76. The van der Waals surface area contributed by atoms with Gasteiger partial charge in [0, 0.05) is 12.6 Å². The number of esters is 1. The molecule has 1 aromatic carbocycles. The van der Waals surface area contributed by atoms with E-state index < -0.39 is 41.6 Å². The molecule has 2 bridgehead atoms. The molecular weight excluding hydrogens is 472 g/mol. The van der Waals surface area contributed by atoms with Crippen LogP contribution in [0.25, 0.3) is 0 Å². The molecule has 1 N–H and O–H groups in total. The van der Waals surface area contributed by atoms with Crippen molar-refractivity contribution in [2.24, 2.45) is 11.8 Å². The normalized spacial score (nSPS) is 29.6. The zero-order chi connectivity index (χ0) is 26.7. The Morgan fingerprint density at radius 1 is 1.32 bits per heavy atom. The number of ether oxygens (including phenoxy) is 2. The lowest BCUT2D eigenvalue weighted by atomic mass is 9.70. The molecule has 0 radical (unpaired) electrons. The summed E-state index contributed by atoms with van der Waals surface area (Å²) >= 11 is 0. The minimum absolute atomic E-state index is 0.0657. The summed E-state index contributed by atoms with van der Waals surface area (Å²) in [4.78, 5) is 45.0. The number of nitrogens with zero attached hydrogens (tertiary/aromatic N) is 2. The van der Waals surface area contributed by atoms with Crippen molar-refractivity contribution in [3.05, 3.63) is 48.6 Å². The highest BCUT2D eigenvalue weighted by Crippen LogP contribution is 2.59. The summed E-state index contributed by atoms with van der Waals surface area (Å²) in [5.74, 6) is -2.54. The van der Waals surface area contributed by atoms with Crippen molar-refractivity contribution < 1.29 is 29.0 Å². The molecule has 3 fully saturated rings. The fraction of sp³-hybridized carbons (Fsp3) is 0.621. The number of hydrogen-bond acceptors (Lipinski definition) is 6. The van der Waals surface area contributed by atoms with Gasteiger partial charge in [0.2, 0.25) is 11.8 Å². The lowest BCUT2D eigenvalue weighted by Crippen LogP contribution is -2.60. The molecule has 8 nitrogen and oxygen atoms in total. The zero-order valence-corrected chi connectivity index (χ0v) is 22.2. The van der Waals surface area contributed by atoms with Crippen molar-refractivity contribution >= 4 is 17.8 Å². The fourth-order valence-electron chi connectivity index (χ4n) is 6.76. The van der Waals surface area contributed by atoms with Gasteiger partial charge in [-0.3, -0.25) is 14.4 Å². The maximum absolute atomic E-state index is 14.4. The summed E-state index contributed by atoms with van der Waals surface area (Å²) in [6.07, 6.45) is 4.42. The molecule has 37 heavy (non-hydrogen) atoms. The first-order valence-corrected chi connectivity index (χ1v) is 13.6. The molecule has 3 aliphatic heterocycles. The van der Waals surface area contributed by atoms with Crippen molar-refractivity contribution in [2.75, 3.05) is 19.8 Å². The van der Waals surface area contributed by atoms with Gasteiger partial charge in [0.15, 0.2) is 0 Å².